The van der Waals surface area contributed by atoms with Gasteiger partial charge in [0, 0.05) is 32.2 Å². The molecular formula is C19H23BrN4O3. The van der Waals surface area contributed by atoms with E-state index in [-0.39, 0.29) is 12.0 Å². The van der Waals surface area contributed by atoms with Gasteiger partial charge in [0.25, 0.3) is 5.91 Å². The van der Waals surface area contributed by atoms with Gasteiger partial charge in [-0.1, -0.05) is 6.42 Å². The summed E-state index contributed by atoms with van der Waals surface area (Å²) in [5.74, 6) is 1.70. The van der Waals surface area contributed by atoms with Gasteiger partial charge in [-0.15, -0.1) is 10.2 Å². The van der Waals surface area contributed by atoms with Crippen molar-refractivity contribution in [1.29, 1.82) is 0 Å². The molecule has 1 saturated heterocycles. The minimum Gasteiger partial charge on any atom is -0.473 e. The number of piperazine rings is 1. The third kappa shape index (κ3) is 4.43. The third-order valence-electron chi connectivity index (χ3n) is 5.14. The molecule has 0 spiro atoms. The summed E-state index contributed by atoms with van der Waals surface area (Å²) in [6, 6.07) is 7.27. The zero-order valence-corrected chi connectivity index (χ0v) is 16.7. The fourth-order valence-corrected chi connectivity index (χ4v) is 3.93. The first-order chi connectivity index (χ1) is 13.2. The first-order valence-electron chi connectivity index (χ1n) is 9.49. The smallest absolute Gasteiger partial charge is 0.289 e. The van der Waals surface area contributed by atoms with E-state index in [1.54, 1.807) is 17.0 Å². The molecule has 8 heteroatoms. The van der Waals surface area contributed by atoms with Crippen LogP contribution in [0.2, 0.25) is 0 Å². The zero-order chi connectivity index (χ0) is 18.6. The minimum atomic E-state index is -0.0809. The van der Waals surface area contributed by atoms with Crippen LogP contribution in [0.25, 0.3) is 0 Å². The van der Waals surface area contributed by atoms with Crippen LogP contribution in [0.3, 0.4) is 0 Å². The van der Waals surface area contributed by atoms with Gasteiger partial charge in [0.05, 0.1) is 0 Å². The van der Waals surface area contributed by atoms with Gasteiger partial charge in [-0.3, -0.25) is 4.79 Å². The number of hydrogen-bond acceptors (Lipinski definition) is 6. The maximum atomic E-state index is 12.4. The topological polar surface area (TPSA) is 71.7 Å². The summed E-state index contributed by atoms with van der Waals surface area (Å²) in [5, 5.41) is 8.56. The Hall–Kier alpha value is -2.09. The van der Waals surface area contributed by atoms with Gasteiger partial charge in [0.2, 0.25) is 5.88 Å². The van der Waals surface area contributed by atoms with E-state index in [2.05, 4.69) is 31.0 Å². The highest BCUT2D eigenvalue weighted by Crippen LogP contribution is 2.23. The molecule has 2 aromatic heterocycles. The lowest BCUT2D eigenvalue weighted by Gasteiger charge is -2.34. The Morgan fingerprint density at radius 1 is 1.04 bits per heavy atom. The van der Waals surface area contributed by atoms with Crippen LogP contribution in [0.15, 0.2) is 33.4 Å². The average molecular weight is 435 g/mol. The van der Waals surface area contributed by atoms with Gasteiger partial charge in [-0.25, -0.2) is 0 Å². The monoisotopic (exact) mass is 434 g/mol. The fourth-order valence-electron chi connectivity index (χ4n) is 3.62. The van der Waals surface area contributed by atoms with Crippen molar-refractivity contribution in [3.8, 4) is 5.88 Å². The molecule has 0 atom stereocenters. The van der Waals surface area contributed by atoms with Crippen LogP contribution < -0.4 is 9.64 Å². The molecule has 7 nitrogen and oxygen atoms in total. The van der Waals surface area contributed by atoms with E-state index >= 15 is 0 Å². The molecule has 27 heavy (non-hydrogen) atoms. The van der Waals surface area contributed by atoms with Crippen LogP contribution in [0.4, 0.5) is 5.82 Å². The number of hydrogen-bond donors (Lipinski definition) is 0. The molecule has 144 valence electrons. The van der Waals surface area contributed by atoms with Crippen molar-refractivity contribution in [1.82, 2.24) is 15.1 Å². The van der Waals surface area contributed by atoms with E-state index in [1.165, 1.54) is 19.3 Å². The van der Waals surface area contributed by atoms with Crippen molar-refractivity contribution < 1.29 is 13.9 Å². The normalized spacial score (nSPS) is 18.6. The molecule has 1 saturated carbocycles. The molecule has 1 aliphatic carbocycles. The maximum Gasteiger partial charge on any atom is 0.289 e. The second-order valence-corrected chi connectivity index (χ2v) is 7.77. The first-order valence-corrected chi connectivity index (χ1v) is 10.3. The molecule has 0 bridgehead atoms. The van der Waals surface area contributed by atoms with Crippen LogP contribution in [-0.2, 0) is 0 Å². The lowest BCUT2D eigenvalue weighted by molar-refractivity contribution is 0.0713. The van der Waals surface area contributed by atoms with Crippen molar-refractivity contribution in [2.75, 3.05) is 31.1 Å². The van der Waals surface area contributed by atoms with Crippen LogP contribution in [-0.4, -0.2) is 53.3 Å². The Kier molecular flexibility index (Phi) is 5.61. The number of anilines is 1. The molecule has 2 aliphatic rings. The zero-order valence-electron chi connectivity index (χ0n) is 15.1. The molecule has 2 aromatic rings. The van der Waals surface area contributed by atoms with E-state index in [0.717, 1.165) is 18.7 Å². The van der Waals surface area contributed by atoms with Gasteiger partial charge >= 0.3 is 0 Å². The van der Waals surface area contributed by atoms with Crippen molar-refractivity contribution in [3.63, 3.8) is 0 Å². The van der Waals surface area contributed by atoms with E-state index in [0.29, 0.717) is 42.5 Å². The number of halogens is 1. The van der Waals surface area contributed by atoms with Gasteiger partial charge in [-0.2, -0.15) is 0 Å². The SMILES string of the molecule is O=C(c1ccc(Br)o1)N1CCN(c2ccc(OC3CCCCC3)nn2)CC1. The molecule has 0 radical (unpaired) electrons. The second-order valence-electron chi connectivity index (χ2n) is 6.99. The van der Waals surface area contributed by atoms with Crippen molar-refractivity contribution in [2.45, 2.75) is 38.2 Å². The Balaban J connectivity index is 1.30. The van der Waals surface area contributed by atoms with Crippen LogP contribution in [0, 0.1) is 0 Å². The summed E-state index contributed by atoms with van der Waals surface area (Å²) in [5.41, 5.74) is 0. The second kappa shape index (κ2) is 8.29. The van der Waals surface area contributed by atoms with Gasteiger partial charge in [0.15, 0.2) is 16.2 Å². The highest BCUT2D eigenvalue weighted by molar-refractivity contribution is 9.10. The standard InChI is InChI=1S/C19H23BrN4O3/c20-16-7-6-15(27-16)19(25)24-12-10-23(11-13-24)17-8-9-18(22-21-17)26-14-4-2-1-3-5-14/h6-9,14H,1-5,10-13H2. The molecule has 3 heterocycles. The summed E-state index contributed by atoms with van der Waals surface area (Å²) in [6.45, 7) is 2.68. The number of amides is 1. The number of rotatable bonds is 4. The van der Waals surface area contributed by atoms with Crippen LogP contribution in [0.5, 0.6) is 5.88 Å². The number of carbonyl (C=O) groups is 1. The van der Waals surface area contributed by atoms with Gasteiger partial charge in [0.1, 0.15) is 6.10 Å². The molecule has 4 rings (SSSR count). The Bertz CT molecular complexity index is 766. The van der Waals surface area contributed by atoms with Gasteiger partial charge < -0.3 is 19.0 Å². The Morgan fingerprint density at radius 3 is 2.44 bits per heavy atom. The van der Waals surface area contributed by atoms with E-state index < -0.39 is 0 Å². The molecule has 0 aromatic carbocycles. The summed E-state index contributed by atoms with van der Waals surface area (Å²) in [7, 11) is 0. The van der Waals surface area contributed by atoms with Crippen LogP contribution >= 0.6 is 15.9 Å². The third-order valence-corrected chi connectivity index (χ3v) is 5.57. The quantitative estimate of drug-likeness (QED) is 0.732. The number of furan rings is 1. The van der Waals surface area contributed by atoms with Crippen molar-refractivity contribution in [2.24, 2.45) is 0 Å². The van der Waals surface area contributed by atoms with Crippen molar-refractivity contribution in [3.05, 3.63) is 34.7 Å². The number of carbonyl (C=O) groups excluding carboxylic acids is 1. The largest absolute Gasteiger partial charge is 0.473 e. The van der Waals surface area contributed by atoms with E-state index in [9.17, 15) is 4.79 Å². The summed E-state index contributed by atoms with van der Waals surface area (Å²) in [6.07, 6.45) is 6.24. The predicted octanol–water partition coefficient (Wildman–Crippen LogP) is 3.51. The summed E-state index contributed by atoms with van der Waals surface area (Å²) in [4.78, 5) is 16.4. The summed E-state index contributed by atoms with van der Waals surface area (Å²) >= 11 is 3.23. The average Bonchev–Trinajstić information content (AvgIpc) is 3.15. The van der Waals surface area contributed by atoms with Gasteiger partial charge in [-0.05, 0) is 59.8 Å². The highest BCUT2D eigenvalue weighted by Gasteiger charge is 2.25. The molecule has 1 amide bonds. The lowest BCUT2D eigenvalue weighted by Crippen LogP contribution is -2.49. The first kappa shape index (κ1) is 18.3. The minimum absolute atomic E-state index is 0.0809. The van der Waals surface area contributed by atoms with Crippen molar-refractivity contribution >= 4 is 27.7 Å². The lowest BCUT2D eigenvalue weighted by atomic mass is 9.98. The number of nitrogens with zero attached hydrogens (tertiary/aromatic N) is 4. The molecule has 0 N–H and O–H groups in total. The fraction of sp³-hybridized carbons (Fsp3) is 0.526. The number of aromatic nitrogens is 2. The predicted molar refractivity (Wildman–Crippen MR) is 104 cm³/mol. The number of ether oxygens (including phenoxy) is 1. The molecule has 1 aliphatic heterocycles. The molecule has 0 unspecified atom stereocenters. The van der Waals surface area contributed by atoms with E-state index in [1.807, 2.05) is 12.1 Å². The molecule has 2 fully saturated rings. The van der Waals surface area contributed by atoms with E-state index in [4.69, 9.17) is 9.15 Å². The maximum absolute atomic E-state index is 12.4. The van der Waals surface area contributed by atoms with Crippen LogP contribution in [0.1, 0.15) is 42.7 Å². The Labute approximate surface area is 166 Å². The molecular weight excluding hydrogens is 412 g/mol. The Morgan fingerprint density at radius 2 is 1.81 bits per heavy atom. The summed E-state index contributed by atoms with van der Waals surface area (Å²) < 4.78 is 11.9. The highest BCUT2D eigenvalue weighted by atomic mass is 79.9.